The first kappa shape index (κ1) is 11.2. The summed E-state index contributed by atoms with van der Waals surface area (Å²) in [4.78, 5) is 0. The zero-order chi connectivity index (χ0) is 8.48. The molecule has 0 aromatic carbocycles. The minimum Gasteiger partial charge on any atom is -0.364 e. The molecule has 0 amide bonds. The highest BCUT2D eigenvalue weighted by molar-refractivity contribution is 5.85. The minimum absolute atomic E-state index is 0. The SMILES string of the molecule is Cl.N[C@@H](c1ccon1)C(F)(F)F. The first-order valence-corrected chi connectivity index (χ1v) is 2.74. The molecular formula is C5H6ClF3N2O. The van der Waals surface area contributed by atoms with E-state index in [-0.39, 0.29) is 18.1 Å². The van der Waals surface area contributed by atoms with Crippen LogP contribution < -0.4 is 5.73 Å². The topological polar surface area (TPSA) is 52.0 Å². The fraction of sp³-hybridized carbons (Fsp3) is 0.400. The average molecular weight is 203 g/mol. The molecular weight excluding hydrogens is 197 g/mol. The number of nitrogens with two attached hydrogens (primary N) is 1. The van der Waals surface area contributed by atoms with E-state index < -0.39 is 12.2 Å². The van der Waals surface area contributed by atoms with E-state index in [1.807, 2.05) is 0 Å². The summed E-state index contributed by atoms with van der Waals surface area (Å²) >= 11 is 0. The van der Waals surface area contributed by atoms with Crippen molar-refractivity contribution in [3.05, 3.63) is 18.0 Å². The van der Waals surface area contributed by atoms with Crippen LogP contribution in [0.2, 0.25) is 0 Å². The predicted octanol–water partition coefficient (Wildman–Crippen LogP) is 1.66. The van der Waals surface area contributed by atoms with Crippen LogP contribution in [0.1, 0.15) is 11.7 Å². The van der Waals surface area contributed by atoms with Gasteiger partial charge in [-0.15, -0.1) is 12.4 Å². The van der Waals surface area contributed by atoms with Crippen molar-refractivity contribution in [1.82, 2.24) is 5.16 Å². The molecule has 2 N–H and O–H groups in total. The Kier molecular flexibility index (Phi) is 3.54. The Balaban J connectivity index is 0.00000121. The summed E-state index contributed by atoms with van der Waals surface area (Å²) in [5.41, 5.74) is 4.46. The third-order valence-electron chi connectivity index (χ3n) is 1.13. The van der Waals surface area contributed by atoms with Gasteiger partial charge in [0.25, 0.3) is 0 Å². The van der Waals surface area contributed by atoms with Crippen molar-refractivity contribution in [2.45, 2.75) is 12.2 Å². The maximum Gasteiger partial charge on any atom is 0.409 e. The van der Waals surface area contributed by atoms with Crippen molar-refractivity contribution in [1.29, 1.82) is 0 Å². The summed E-state index contributed by atoms with van der Waals surface area (Å²) in [6.07, 6.45) is -3.42. The van der Waals surface area contributed by atoms with Crippen LogP contribution in [-0.2, 0) is 0 Å². The fourth-order valence-electron chi connectivity index (χ4n) is 0.550. The highest BCUT2D eigenvalue weighted by Gasteiger charge is 2.39. The molecule has 0 fully saturated rings. The molecule has 0 saturated carbocycles. The van der Waals surface area contributed by atoms with Gasteiger partial charge in [0.15, 0.2) is 0 Å². The highest BCUT2D eigenvalue weighted by atomic mass is 35.5. The minimum atomic E-state index is -4.46. The Morgan fingerprint density at radius 2 is 2.08 bits per heavy atom. The Morgan fingerprint density at radius 3 is 2.42 bits per heavy atom. The number of nitrogens with zero attached hydrogens (tertiary/aromatic N) is 1. The maximum absolute atomic E-state index is 11.8. The van der Waals surface area contributed by atoms with Crippen molar-refractivity contribution in [2.75, 3.05) is 0 Å². The zero-order valence-corrected chi connectivity index (χ0v) is 6.52. The van der Waals surface area contributed by atoms with Gasteiger partial charge in [0, 0.05) is 6.07 Å². The molecule has 0 unspecified atom stereocenters. The van der Waals surface area contributed by atoms with E-state index >= 15 is 0 Å². The van der Waals surface area contributed by atoms with Gasteiger partial charge >= 0.3 is 6.18 Å². The van der Waals surface area contributed by atoms with E-state index in [0.717, 1.165) is 12.3 Å². The molecule has 1 aromatic rings. The standard InChI is InChI=1S/C5H5F3N2O.ClH/c6-5(7,8)4(9)3-1-2-11-10-3;/h1-2,4H,9H2;1H/t4-;/m0./s1. The molecule has 0 spiro atoms. The van der Waals surface area contributed by atoms with E-state index in [0.29, 0.717) is 0 Å². The van der Waals surface area contributed by atoms with Gasteiger partial charge in [-0.1, -0.05) is 5.16 Å². The smallest absolute Gasteiger partial charge is 0.364 e. The number of aromatic nitrogens is 1. The van der Waals surface area contributed by atoms with Gasteiger partial charge in [0.1, 0.15) is 18.0 Å². The second-order valence-corrected chi connectivity index (χ2v) is 1.94. The van der Waals surface area contributed by atoms with Gasteiger partial charge in [-0.3, -0.25) is 0 Å². The Morgan fingerprint density at radius 1 is 1.50 bits per heavy atom. The first-order valence-electron chi connectivity index (χ1n) is 2.74. The van der Waals surface area contributed by atoms with Crippen LogP contribution in [-0.4, -0.2) is 11.3 Å². The van der Waals surface area contributed by atoms with Crippen LogP contribution in [0.5, 0.6) is 0 Å². The van der Waals surface area contributed by atoms with Crippen molar-refractivity contribution in [3.63, 3.8) is 0 Å². The third kappa shape index (κ3) is 2.38. The molecule has 0 aliphatic rings. The molecule has 70 valence electrons. The van der Waals surface area contributed by atoms with Crippen LogP contribution in [0.25, 0.3) is 0 Å². The third-order valence-corrected chi connectivity index (χ3v) is 1.13. The van der Waals surface area contributed by atoms with Crippen LogP contribution in [0.4, 0.5) is 13.2 Å². The number of alkyl halides is 3. The summed E-state index contributed by atoms with van der Waals surface area (Å²) in [7, 11) is 0. The van der Waals surface area contributed by atoms with Gasteiger partial charge in [0.05, 0.1) is 0 Å². The molecule has 0 saturated heterocycles. The van der Waals surface area contributed by atoms with Crippen LogP contribution >= 0.6 is 12.4 Å². The first-order chi connectivity index (χ1) is 5.02. The predicted molar refractivity (Wildman–Crippen MR) is 36.7 cm³/mol. The molecule has 12 heavy (non-hydrogen) atoms. The number of rotatable bonds is 1. The molecule has 1 aromatic heterocycles. The van der Waals surface area contributed by atoms with Crippen LogP contribution in [0.3, 0.4) is 0 Å². The average Bonchev–Trinajstić information content (AvgIpc) is 2.34. The molecule has 1 heterocycles. The number of hydrogen-bond donors (Lipinski definition) is 1. The lowest BCUT2D eigenvalue weighted by Crippen LogP contribution is -2.28. The van der Waals surface area contributed by atoms with Gasteiger partial charge in [0.2, 0.25) is 0 Å². The summed E-state index contributed by atoms with van der Waals surface area (Å²) in [5, 5.41) is 3.06. The Hall–Kier alpha value is -0.750. The molecule has 1 rings (SSSR count). The summed E-state index contributed by atoms with van der Waals surface area (Å²) in [6.45, 7) is 0. The van der Waals surface area contributed by atoms with Crippen molar-refractivity contribution in [2.24, 2.45) is 5.73 Å². The van der Waals surface area contributed by atoms with E-state index in [2.05, 4.69) is 9.68 Å². The lowest BCUT2D eigenvalue weighted by atomic mass is 10.2. The van der Waals surface area contributed by atoms with Crippen LogP contribution in [0.15, 0.2) is 16.9 Å². The normalized spacial score (nSPS) is 13.7. The highest BCUT2D eigenvalue weighted by Crippen LogP contribution is 2.28. The Bertz CT molecular complexity index is 223. The molecule has 0 bridgehead atoms. The van der Waals surface area contributed by atoms with E-state index in [9.17, 15) is 13.2 Å². The summed E-state index contributed by atoms with van der Waals surface area (Å²) in [6, 6.07) is -0.973. The van der Waals surface area contributed by atoms with Gasteiger partial charge in [-0.25, -0.2) is 0 Å². The maximum atomic E-state index is 11.8. The molecule has 0 radical (unpaired) electrons. The molecule has 3 nitrogen and oxygen atoms in total. The zero-order valence-electron chi connectivity index (χ0n) is 5.71. The van der Waals surface area contributed by atoms with E-state index in [1.54, 1.807) is 0 Å². The second-order valence-electron chi connectivity index (χ2n) is 1.94. The molecule has 0 aliphatic carbocycles. The van der Waals surface area contributed by atoms with Crippen LogP contribution in [0, 0.1) is 0 Å². The van der Waals surface area contributed by atoms with E-state index in [4.69, 9.17) is 5.73 Å². The van der Waals surface area contributed by atoms with Gasteiger partial charge in [-0.05, 0) is 0 Å². The fourth-order valence-corrected chi connectivity index (χ4v) is 0.550. The lowest BCUT2D eigenvalue weighted by molar-refractivity contribution is -0.150. The molecule has 0 aliphatic heterocycles. The largest absolute Gasteiger partial charge is 0.409 e. The Labute approximate surface area is 72.1 Å². The lowest BCUT2D eigenvalue weighted by Gasteiger charge is -2.11. The quantitative estimate of drug-likeness (QED) is 0.754. The van der Waals surface area contributed by atoms with Gasteiger partial charge in [-0.2, -0.15) is 13.2 Å². The monoisotopic (exact) mass is 202 g/mol. The van der Waals surface area contributed by atoms with Crippen molar-refractivity contribution in [3.8, 4) is 0 Å². The molecule has 7 heteroatoms. The number of hydrogen-bond acceptors (Lipinski definition) is 3. The summed E-state index contributed by atoms with van der Waals surface area (Å²) in [5.74, 6) is 0. The van der Waals surface area contributed by atoms with Gasteiger partial charge < -0.3 is 10.3 Å². The number of halogens is 4. The second kappa shape index (κ2) is 3.77. The summed E-state index contributed by atoms with van der Waals surface area (Å²) < 4.78 is 39.6. The van der Waals surface area contributed by atoms with Crippen molar-refractivity contribution < 1.29 is 17.7 Å². The van der Waals surface area contributed by atoms with E-state index in [1.165, 1.54) is 0 Å². The molecule has 1 atom stereocenters. The van der Waals surface area contributed by atoms with Crippen molar-refractivity contribution >= 4 is 12.4 Å².